The van der Waals surface area contributed by atoms with Gasteiger partial charge in [-0.1, -0.05) is 25.0 Å². The van der Waals surface area contributed by atoms with Crippen LogP contribution in [0.15, 0.2) is 28.1 Å². The molecule has 1 aromatic heterocycles. The molecule has 17 heavy (non-hydrogen) atoms. The lowest BCUT2D eigenvalue weighted by molar-refractivity contribution is 0.531. The van der Waals surface area contributed by atoms with Crippen molar-refractivity contribution in [2.75, 3.05) is 0 Å². The summed E-state index contributed by atoms with van der Waals surface area (Å²) in [6.07, 6.45) is 5.28. The van der Waals surface area contributed by atoms with E-state index in [9.17, 15) is 0 Å². The fourth-order valence-electron chi connectivity index (χ4n) is 2.76. The second-order valence-electron chi connectivity index (χ2n) is 4.75. The predicted octanol–water partition coefficient (Wildman–Crippen LogP) is 6.13. The van der Waals surface area contributed by atoms with E-state index in [0.29, 0.717) is 5.92 Å². The highest BCUT2D eigenvalue weighted by atomic mass is 79.9. The molecule has 0 saturated heterocycles. The normalized spacial score (nSPS) is 18.9. The van der Waals surface area contributed by atoms with E-state index >= 15 is 0 Å². The number of benzene rings is 1. The molecular formula is C14H14BrClS. The highest BCUT2D eigenvalue weighted by Crippen LogP contribution is 2.44. The monoisotopic (exact) mass is 328 g/mol. The molecule has 0 radical (unpaired) electrons. The average Bonchev–Trinajstić information content (AvgIpc) is 2.98. The molecule has 0 spiro atoms. The maximum absolute atomic E-state index is 6.68. The summed E-state index contributed by atoms with van der Waals surface area (Å²) >= 11 is 12.1. The van der Waals surface area contributed by atoms with Crippen LogP contribution >= 0.6 is 38.9 Å². The van der Waals surface area contributed by atoms with Gasteiger partial charge in [0, 0.05) is 9.17 Å². The molecule has 1 atom stereocenters. The number of hydrogen-bond donors (Lipinski definition) is 0. The van der Waals surface area contributed by atoms with Gasteiger partial charge in [-0.2, -0.15) is 0 Å². The van der Waals surface area contributed by atoms with Crippen LogP contribution in [0.1, 0.15) is 36.6 Å². The Bertz CT molecular complexity index is 528. The molecule has 3 heteroatoms. The van der Waals surface area contributed by atoms with Crippen molar-refractivity contribution >= 4 is 49.0 Å². The Hall–Kier alpha value is -0.0500. The number of halogens is 2. The smallest absolute Gasteiger partial charge is 0.0627 e. The van der Waals surface area contributed by atoms with E-state index in [1.807, 2.05) is 0 Å². The predicted molar refractivity (Wildman–Crippen MR) is 80.1 cm³/mol. The maximum atomic E-state index is 6.68. The van der Waals surface area contributed by atoms with Crippen molar-refractivity contribution in [1.29, 1.82) is 0 Å². The second-order valence-corrected chi connectivity index (χ2v) is 6.96. The van der Waals surface area contributed by atoms with Crippen LogP contribution in [0, 0.1) is 5.92 Å². The lowest BCUT2D eigenvalue weighted by Gasteiger charge is -2.16. The van der Waals surface area contributed by atoms with Crippen molar-refractivity contribution in [3.63, 3.8) is 0 Å². The van der Waals surface area contributed by atoms with Gasteiger partial charge in [-0.05, 0) is 57.1 Å². The highest BCUT2D eigenvalue weighted by Gasteiger charge is 2.26. The fraction of sp³-hybridized carbons (Fsp3) is 0.429. The minimum Gasteiger partial charge on any atom is -0.142 e. The Labute approximate surface area is 119 Å². The van der Waals surface area contributed by atoms with E-state index in [1.54, 1.807) is 11.3 Å². The van der Waals surface area contributed by atoms with Crippen molar-refractivity contribution in [2.45, 2.75) is 31.1 Å². The van der Waals surface area contributed by atoms with Crippen molar-refractivity contribution in [1.82, 2.24) is 0 Å². The Morgan fingerprint density at radius 1 is 1.29 bits per heavy atom. The molecule has 0 nitrogen and oxygen atoms in total. The quantitative estimate of drug-likeness (QED) is 0.581. The maximum Gasteiger partial charge on any atom is 0.0627 e. The van der Waals surface area contributed by atoms with Crippen molar-refractivity contribution < 1.29 is 0 Å². The Morgan fingerprint density at radius 2 is 2.06 bits per heavy atom. The average molecular weight is 330 g/mol. The largest absolute Gasteiger partial charge is 0.142 e. The van der Waals surface area contributed by atoms with Gasteiger partial charge in [0.2, 0.25) is 0 Å². The molecule has 1 aliphatic carbocycles. The molecule has 1 saturated carbocycles. The van der Waals surface area contributed by atoms with E-state index in [0.717, 1.165) is 0 Å². The van der Waals surface area contributed by atoms with Gasteiger partial charge in [-0.25, -0.2) is 0 Å². The first-order valence-corrected chi connectivity index (χ1v) is 8.18. The van der Waals surface area contributed by atoms with E-state index in [2.05, 4.69) is 39.5 Å². The molecule has 1 aliphatic rings. The van der Waals surface area contributed by atoms with E-state index < -0.39 is 0 Å². The Kier molecular flexibility index (Phi) is 3.47. The van der Waals surface area contributed by atoms with Crippen LogP contribution in [0.5, 0.6) is 0 Å². The van der Waals surface area contributed by atoms with Gasteiger partial charge < -0.3 is 0 Å². The van der Waals surface area contributed by atoms with Gasteiger partial charge in [0.1, 0.15) is 0 Å². The van der Waals surface area contributed by atoms with Crippen molar-refractivity contribution in [3.8, 4) is 0 Å². The summed E-state index contributed by atoms with van der Waals surface area (Å²) in [4.78, 5) is 0. The van der Waals surface area contributed by atoms with Gasteiger partial charge in [0.25, 0.3) is 0 Å². The van der Waals surface area contributed by atoms with Gasteiger partial charge in [0.05, 0.1) is 5.38 Å². The minimum absolute atomic E-state index is 0.195. The molecule has 90 valence electrons. The first kappa shape index (κ1) is 12.0. The second kappa shape index (κ2) is 4.91. The third-order valence-electron chi connectivity index (χ3n) is 3.69. The van der Waals surface area contributed by atoms with Crippen LogP contribution in [0.2, 0.25) is 0 Å². The Morgan fingerprint density at radius 3 is 2.82 bits per heavy atom. The molecule has 3 rings (SSSR count). The molecule has 1 aromatic carbocycles. The minimum atomic E-state index is 0.195. The zero-order chi connectivity index (χ0) is 11.8. The molecular weight excluding hydrogens is 316 g/mol. The SMILES string of the molecule is ClC(c1csc2c(Br)cccc12)C1CCCC1. The summed E-state index contributed by atoms with van der Waals surface area (Å²) in [6, 6.07) is 6.39. The third kappa shape index (κ3) is 2.16. The molecule has 1 heterocycles. The summed E-state index contributed by atoms with van der Waals surface area (Å²) in [6.45, 7) is 0. The highest BCUT2D eigenvalue weighted by molar-refractivity contribution is 9.10. The number of hydrogen-bond acceptors (Lipinski definition) is 1. The van der Waals surface area contributed by atoms with Crippen LogP contribution < -0.4 is 0 Å². The molecule has 0 aliphatic heterocycles. The molecule has 1 fully saturated rings. The third-order valence-corrected chi connectivity index (χ3v) is 6.25. The first-order chi connectivity index (χ1) is 8.27. The standard InChI is InChI=1S/C14H14BrClS/c15-12-7-3-6-10-11(8-17-14(10)12)13(16)9-4-1-2-5-9/h3,6-9,13H,1-2,4-5H2. The first-order valence-electron chi connectivity index (χ1n) is 6.07. The molecule has 2 aromatic rings. The van der Waals surface area contributed by atoms with E-state index in [1.165, 1.54) is 45.8 Å². The van der Waals surface area contributed by atoms with Gasteiger partial charge >= 0.3 is 0 Å². The zero-order valence-corrected chi connectivity index (χ0v) is 12.6. The topological polar surface area (TPSA) is 0 Å². The molecule has 1 unspecified atom stereocenters. The lowest BCUT2D eigenvalue weighted by atomic mass is 9.97. The number of alkyl halides is 1. The summed E-state index contributed by atoms with van der Waals surface area (Å²) in [7, 11) is 0. The van der Waals surface area contributed by atoms with Crippen LogP contribution in [-0.2, 0) is 0 Å². The fourth-order valence-corrected chi connectivity index (χ4v) is 4.93. The molecule has 0 amide bonds. The Balaban J connectivity index is 2.02. The van der Waals surface area contributed by atoms with Crippen molar-refractivity contribution in [2.24, 2.45) is 5.92 Å². The van der Waals surface area contributed by atoms with Gasteiger partial charge in [-0.15, -0.1) is 22.9 Å². The summed E-state index contributed by atoms with van der Waals surface area (Å²) in [5, 5.41) is 3.77. The van der Waals surface area contributed by atoms with Crippen molar-refractivity contribution in [3.05, 3.63) is 33.6 Å². The van der Waals surface area contributed by atoms with Crippen LogP contribution in [0.25, 0.3) is 10.1 Å². The summed E-state index contributed by atoms with van der Waals surface area (Å²) in [5.74, 6) is 0.674. The molecule has 0 bridgehead atoms. The zero-order valence-electron chi connectivity index (χ0n) is 9.46. The summed E-state index contributed by atoms with van der Waals surface area (Å²) in [5.41, 5.74) is 1.33. The molecule has 0 N–H and O–H groups in total. The van der Waals surface area contributed by atoms with Crippen LogP contribution in [-0.4, -0.2) is 0 Å². The summed E-state index contributed by atoms with van der Waals surface area (Å²) < 4.78 is 2.51. The number of rotatable bonds is 2. The van der Waals surface area contributed by atoms with Crippen LogP contribution in [0.4, 0.5) is 0 Å². The van der Waals surface area contributed by atoms with E-state index in [4.69, 9.17) is 11.6 Å². The van der Waals surface area contributed by atoms with E-state index in [-0.39, 0.29) is 5.38 Å². The van der Waals surface area contributed by atoms with Gasteiger partial charge in [0.15, 0.2) is 0 Å². The van der Waals surface area contributed by atoms with Gasteiger partial charge in [-0.3, -0.25) is 0 Å². The number of fused-ring (bicyclic) bond motifs is 1. The lowest BCUT2D eigenvalue weighted by Crippen LogP contribution is -2.02. The number of thiophene rings is 1. The van der Waals surface area contributed by atoms with Crippen LogP contribution in [0.3, 0.4) is 0 Å².